The fourth-order valence-corrected chi connectivity index (χ4v) is 3.07. The Hall–Kier alpha value is -0.420. The number of carbonyl (C=O) groups excluding carboxylic acids is 1. The fourth-order valence-electron chi connectivity index (χ4n) is 1.76. The van der Waals surface area contributed by atoms with Crippen molar-refractivity contribution in [2.75, 3.05) is 31.1 Å². The van der Waals surface area contributed by atoms with E-state index in [1.54, 1.807) is 0 Å². The lowest BCUT2D eigenvalue weighted by molar-refractivity contribution is -0.115. The summed E-state index contributed by atoms with van der Waals surface area (Å²) in [5.74, 6) is 0.507. The normalized spacial score (nSPS) is 23.3. The highest BCUT2D eigenvalue weighted by atomic mass is 32.2. The first-order valence-corrected chi connectivity index (χ1v) is 7.06. The van der Waals surface area contributed by atoms with Gasteiger partial charge in [0.15, 0.2) is 9.84 Å². The zero-order valence-corrected chi connectivity index (χ0v) is 10.2. The van der Waals surface area contributed by atoms with Gasteiger partial charge in [-0.1, -0.05) is 13.8 Å². The van der Waals surface area contributed by atoms with Crippen molar-refractivity contribution in [2.45, 2.75) is 20.3 Å². The molecule has 0 radical (unpaired) electrons. The summed E-state index contributed by atoms with van der Waals surface area (Å²) in [4.78, 5) is 12.8. The average Bonchev–Trinajstić information content (AvgIpc) is 2.28. The molecule has 0 aromatic rings. The number of hydrogen-bond donors (Lipinski definition) is 0. The van der Waals surface area contributed by atoms with Crippen LogP contribution in [0.25, 0.3) is 0 Å². The van der Waals surface area contributed by atoms with E-state index in [0.717, 1.165) is 12.8 Å². The summed E-state index contributed by atoms with van der Waals surface area (Å²) >= 11 is 0. The maximum absolute atomic E-state index is 11.4. The summed E-state index contributed by atoms with van der Waals surface area (Å²) < 4.78 is 22.7. The van der Waals surface area contributed by atoms with E-state index < -0.39 is 9.84 Å². The minimum Gasteiger partial charge on any atom is -0.303 e. The largest absolute Gasteiger partial charge is 0.303 e. The molecule has 88 valence electrons. The summed E-state index contributed by atoms with van der Waals surface area (Å²) in [7, 11) is -2.84. The van der Waals surface area contributed by atoms with Gasteiger partial charge < -0.3 is 9.69 Å². The Labute approximate surface area is 91.6 Å². The van der Waals surface area contributed by atoms with Crippen molar-refractivity contribution in [3.05, 3.63) is 0 Å². The standard InChI is InChI=1S/C10H19NO3S/c1-10(2,9-12)8-11-4-3-6-15(13,14)7-5-11/h9H,3-8H2,1-2H3. The van der Waals surface area contributed by atoms with E-state index in [4.69, 9.17) is 0 Å². The van der Waals surface area contributed by atoms with Crippen molar-refractivity contribution in [3.63, 3.8) is 0 Å². The quantitative estimate of drug-likeness (QED) is 0.659. The van der Waals surface area contributed by atoms with Gasteiger partial charge in [0.2, 0.25) is 0 Å². The molecule has 1 aliphatic rings. The summed E-state index contributed by atoms with van der Waals surface area (Å²) in [6.07, 6.45) is 1.61. The van der Waals surface area contributed by atoms with Crippen LogP contribution in [-0.2, 0) is 14.6 Å². The molecule has 0 aromatic heterocycles. The van der Waals surface area contributed by atoms with Crippen molar-refractivity contribution in [1.82, 2.24) is 4.90 Å². The van der Waals surface area contributed by atoms with E-state index in [9.17, 15) is 13.2 Å². The Kier molecular flexibility index (Phi) is 3.89. The maximum Gasteiger partial charge on any atom is 0.151 e. The van der Waals surface area contributed by atoms with Gasteiger partial charge >= 0.3 is 0 Å². The molecule has 1 rings (SSSR count). The van der Waals surface area contributed by atoms with Crippen molar-refractivity contribution in [2.24, 2.45) is 5.41 Å². The van der Waals surface area contributed by atoms with Gasteiger partial charge in [0, 0.05) is 18.5 Å². The molecule has 0 saturated carbocycles. The second-order valence-electron chi connectivity index (χ2n) is 4.89. The molecule has 1 fully saturated rings. The van der Waals surface area contributed by atoms with Gasteiger partial charge in [0.1, 0.15) is 6.29 Å². The second kappa shape index (κ2) is 4.61. The van der Waals surface area contributed by atoms with Crippen LogP contribution in [0, 0.1) is 5.41 Å². The van der Waals surface area contributed by atoms with Gasteiger partial charge in [-0.3, -0.25) is 0 Å². The first kappa shape index (κ1) is 12.6. The summed E-state index contributed by atoms with van der Waals surface area (Å²) in [6, 6.07) is 0. The Morgan fingerprint density at radius 3 is 2.53 bits per heavy atom. The number of carbonyl (C=O) groups is 1. The molecule has 0 unspecified atom stereocenters. The number of nitrogens with zero attached hydrogens (tertiary/aromatic N) is 1. The Balaban J connectivity index is 2.55. The van der Waals surface area contributed by atoms with Crippen molar-refractivity contribution in [1.29, 1.82) is 0 Å². The van der Waals surface area contributed by atoms with Crippen LogP contribution in [0.5, 0.6) is 0 Å². The van der Waals surface area contributed by atoms with Crippen LogP contribution >= 0.6 is 0 Å². The van der Waals surface area contributed by atoms with Crippen molar-refractivity contribution in [3.8, 4) is 0 Å². The van der Waals surface area contributed by atoms with Crippen LogP contribution in [-0.4, -0.2) is 50.7 Å². The molecule has 0 amide bonds. The highest BCUT2D eigenvalue weighted by Crippen LogP contribution is 2.15. The van der Waals surface area contributed by atoms with E-state index in [-0.39, 0.29) is 16.9 Å². The summed E-state index contributed by atoms with van der Waals surface area (Å²) in [5.41, 5.74) is -0.381. The average molecular weight is 233 g/mol. The summed E-state index contributed by atoms with van der Waals surface area (Å²) in [6.45, 7) is 5.72. The van der Waals surface area contributed by atoms with Gasteiger partial charge in [-0.25, -0.2) is 8.42 Å². The molecule has 0 N–H and O–H groups in total. The van der Waals surface area contributed by atoms with Crippen molar-refractivity contribution >= 4 is 16.1 Å². The molecule has 5 heteroatoms. The Bertz CT molecular complexity index is 322. The molecule has 0 atom stereocenters. The molecule has 0 spiro atoms. The smallest absolute Gasteiger partial charge is 0.151 e. The molecular weight excluding hydrogens is 214 g/mol. The van der Waals surface area contributed by atoms with Crippen LogP contribution in [0.15, 0.2) is 0 Å². The molecule has 0 aromatic carbocycles. The highest BCUT2D eigenvalue weighted by Gasteiger charge is 2.24. The topological polar surface area (TPSA) is 54.5 Å². The van der Waals surface area contributed by atoms with E-state index in [1.807, 2.05) is 13.8 Å². The lowest BCUT2D eigenvalue weighted by Gasteiger charge is -2.27. The van der Waals surface area contributed by atoms with E-state index >= 15 is 0 Å². The van der Waals surface area contributed by atoms with E-state index in [0.29, 0.717) is 19.5 Å². The highest BCUT2D eigenvalue weighted by molar-refractivity contribution is 7.91. The fraction of sp³-hybridized carbons (Fsp3) is 0.900. The molecule has 15 heavy (non-hydrogen) atoms. The number of hydrogen-bond acceptors (Lipinski definition) is 4. The predicted octanol–water partition coefficient (Wildman–Crippen LogP) is 0.332. The zero-order chi connectivity index (χ0) is 11.5. The van der Waals surface area contributed by atoms with Crippen LogP contribution in [0.1, 0.15) is 20.3 Å². The first-order chi connectivity index (χ1) is 6.85. The SMILES string of the molecule is CC(C)(C=O)CN1CCCS(=O)(=O)CC1. The van der Waals surface area contributed by atoms with Gasteiger partial charge in [-0.15, -0.1) is 0 Å². The third-order valence-corrected chi connectivity index (χ3v) is 4.31. The lowest BCUT2D eigenvalue weighted by atomic mass is 9.95. The Morgan fingerprint density at radius 1 is 1.27 bits per heavy atom. The second-order valence-corrected chi connectivity index (χ2v) is 7.19. The van der Waals surface area contributed by atoms with Gasteiger partial charge in [0.05, 0.1) is 11.5 Å². The molecule has 1 saturated heterocycles. The zero-order valence-electron chi connectivity index (χ0n) is 9.40. The maximum atomic E-state index is 11.4. The van der Waals surface area contributed by atoms with Crippen LogP contribution in [0.2, 0.25) is 0 Å². The Morgan fingerprint density at radius 2 is 1.93 bits per heavy atom. The summed E-state index contributed by atoms with van der Waals surface area (Å²) in [5, 5.41) is 0. The van der Waals surface area contributed by atoms with Gasteiger partial charge in [-0.05, 0) is 13.0 Å². The number of aldehydes is 1. The van der Waals surface area contributed by atoms with Crippen molar-refractivity contribution < 1.29 is 13.2 Å². The number of sulfone groups is 1. The molecule has 1 aliphatic heterocycles. The predicted molar refractivity (Wildman–Crippen MR) is 59.6 cm³/mol. The van der Waals surface area contributed by atoms with E-state index in [2.05, 4.69) is 4.90 Å². The lowest BCUT2D eigenvalue weighted by Crippen LogP contribution is -2.37. The molecular formula is C10H19NO3S. The minimum atomic E-state index is -2.84. The minimum absolute atomic E-state index is 0.224. The molecule has 4 nitrogen and oxygen atoms in total. The third kappa shape index (κ3) is 4.30. The van der Waals surface area contributed by atoms with Crippen LogP contribution < -0.4 is 0 Å². The van der Waals surface area contributed by atoms with E-state index in [1.165, 1.54) is 0 Å². The molecule has 0 aliphatic carbocycles. The first-order valence-electron chi connectivity index (χ1n) is 5.24. The van der Waals surface area contributed by atoms with Crippen LogP contribution in [0.4, 0.5) is 0 Å². The molecule has 0 bridgehead atoms. The number of rotatable bonds is 3. The molecule has 1 heterocycles. The third-order valence-electron chi connectivity index (χ3n) is 2.60. The van der Waals surface area contributed by atoms with Gasteiger partial charge in [-0.2, -0.15) is 0 Å². The van der Waals surface area contributed by atoms with Gasteiger partial charge in [0.25, 0.3) is 0 Å². The van der Waals surface area contributed by atoms with Crippen LogP contribution in [0.3, 0.4) is 0 Å². The monoisotopic (exact) mass is 233 g/mol.